The summed E-state index contributed by atoms with van der Waals surface area (Å²) >= 11 is 1.32. The minimum atomic E-state index is -3.14. The molecule has 2 atom stereocenters. The number of aliphatic imine (C=N–C) groups is 1. The highest BCUT2D eigenvalue weighted by atomic mass is 32.2. The number of rotatable bonds is 6. The number of thioether (sulfide) groups is 1. The van der Waals surface area contributed by atoms with Crippen molar-refractivity contribution in [3.05, 3.63) is 59.4 Å². The molecule has 2 fully saturated rings. The first-order chi connectivity index (χ1) is 15.3. The maximum atomic E-state index is 13.3. The van der Waals surface area contributed by atoms with E-state index in [4.69, 9.17) is 9.47 Å². The molecule has 2 heterocycles. The highest BCUT2D eigenvalue weighted by Gasteiger charge is 2.48. The summed E-state index contributed by atoms with van der Waals surface area (Å²) in [5.74, 6) is 0.496. The number of fused-ring (bicyclic) bond motifs is 1. The zero-order chi connectivity index (χ0) is 22.9. The molecule has 0 N–H and O–H groups in total. The van der Waals surface area contributed by atoms with Gasteiger partial charge in [-0.15, -0.1) is 0 Å². The fourth-order valence-corrected chi connectivity index (χ4v) is 7.89. The number of nitrogens with zero attached hydrogens (tertiary/aromatic N) is 2. The van der Waals surface area contributed by atoms with Crippen molar-refractivity contribution < 1.29 is 27.1 Å². The van der Waals surface area contributed by atoms with E-state index in [0.717, 1.165) is 11.1 Å². The molecule has 2 aromatic carbocycles. The molecule has 7 nitrogen and oxygen atoms in total. The maximum Gasteiger partial charge on any atom is 0.252 e. The average Bonchev–Trinajstić information content (AvgIpc) is 3.21. The number of amidine groups is 1. The van der Waals surface area contributed by atoms with Crippen LogP contribution in [-0.4, -0.2) is 61.4 Å². The molecule has 0 aromatic heterocycles. The number of ether oxygens (including phenoxy) is 2. The Balaban J connectivity index is 1.56. The number of methoxy groups -OCH3 is 2. The molecule has 1 amide bonds. The number of sulfone groups is 1. The smallest absolute Gasteiger partial charge is 0.252 e. The van der Waals surface area contributed by atoms with Gasteiger partial charge in [-0.2, -0.15) is 4.99 Å². The van der Waals surface area contributed by atoms with Crippen molar-refractivity contribution in [3.63, 3.8) is 0 Å². The number of hydrogen-bond acceptors (Lipinski definition) is 6. The fourth-order valence-electron chi connectivity index (χ4n) is 3.92. The molecule has 0 bridgehead atoms. The van der Waals surface area contributed by atoms with Crippen LogP contribution in [0.5, 0.6) is 11.5 Å². The molecule has 2 aromatic rings. The Hall–Kier alpha value is -2.59. The molecular weight excluding hydrogens is 455 g/mol. The summed E-state index contributed by atoms with van der Waals surface area (Å²) in [6, 6.07) is 11.0. The second-order valence-electron chi connectivity index (χ2n) is 7.71. The molecule has 2 aliphatic heterocycles. The zero-order valence-electron chi connectivity index (χ0n) is 17.7. The van der Waals surface area contributed by atoms with E-state index in [1.54, 1.807) is 37.4 Å². The lowest BCUT2D eigenvalue weighted by Gasteiger charge is -2.24. The third-order valence-electron chi connectivity index (χ3n) is 5.46. The fraction of sp³-hybridized carbons (Fsp3) is 0.364. The average molecular weight is 479 g/mol. The van der Waals surface area contributed by atoms with E-state index in [1.165, 1.54) is 31.0 Å². The zero-order valence-corrected chi connectivity index (χ0v) is 19.3. The molecule has 170 valence electrons. The van der Waals surface area contributed by atoms with Gasteiger partial charge >= 0.3 is 0 Å². The van der Waals surface area contributed by atoms with Crippen LogP contribution in [0, 0.1) is 5.82 Å². The highest BCUT2D eigenvalue weighted by Crippen LogP contribution is 2.39. The summed E-state index contributed by atoms with van der Waals surface area (Å²) in [6.45, 7) is 0.354. The van der Waals surface area contributed by atoms with Crippen LogP contribution in [0.3, 0.4) is 0 Å². The van der Waals surface area contributed by atoms with Crippen LogP contribution in [0.1, 0.15) is 11.1 Å². The lowest BCUT2D eigenvalue weighted by atomic mass is 10.1. The SMILES string of the molecule is COc1ccc(CC(=O)N=C2SC3CS(=O)(=O)CC3N2Cc2ccc(F)cc2)cc1OC. The topological polar surface area (TPSA) is 85.3 Å². The Bertz CT molecular complexity index is 1150. The van der Waals surface area contributed by atoms with Crippen molar-refractivity contribution in [2.24, 2.45) is 4.99 Å². The van der Waals surface area contributed by atoms with Crippen LogP contribution in [-0.2, 0) is 27.6 Å². The van der Waals surface area contributed by atoms with Crippen molar-refractivity contribution in [2.75, 3.05) is 25.7 Å². The number of carbonyl (C=O) groups excluding carboxylic acids is 1. The van der Waals surface area contributed by atoms with E-state index in [2.05, 4.69) is 4.99 Å². The Morgan fingerprint density at radius 3 is 2.47 bits per heavy atom. The Labute approximate surface area is 190 Å². The van der Waals surface area contributed by atoms with E-state index >= 15 is 0 Å². The Morgan fingerprint density at radius 2 is 1.78 bits per heavy atom. The highest BCUT2D eigenvalue weighted by molar-refractivity contribution is 8.15. The van der Waals surface area contributed by atoms with Crippen LogP contribution >= 0.6 is 11.8 Å². The minimum absolute atomic E-state index is 0.0226. The molecule has 2 aliphatic rings. The predicted molar refractivity (Wildman–Crippen MR) is 121 cm³/mol. The number of benzene rings is 2. The van der Waals surface area contributed by atoms with Crippen LogP contribution in [0.15, 0.2) is 47.5 Å². The van der Waals surface area contributed by atoms with Crippen LogP contribution in [0.2, 0.25) is 0 Å². The molecule has 4 rings (SSSR count). The second kappa shape index (κ2) is 9.11. The van der Waals surface area contributed by atoms with Crippen molar-refractivity contribution in [3.8, 4) is 11.5 Å². The standard InChI is InChI=1S/C22H23FN2O5S2/c1-29-18-8-5-15(9-19(18)30-2)10-21(26)24-22-25(11-14-3-6-16(23)7-4-14)17-12-32(27,28)13-20(17)31-22/h3-9,17,20H,10-13H2,1-2H3. The first-order valence-electron chi connectivity index (χ1n) is 9.98. The largest absolute Gasteiger partial charge is 0.493 e. The summed E-state index contributed by atoms with van der Waals surface area (Å²) in [5, 5.41) is 0.331. The van der Waals surface area contributed by atoms with E-state index in [9.17, 15) is 17.6 Å². The van der Waals surface area contributed by atoms with Gasteiger partial charge in [0.25, 0.3) is 5.91 Å². The lowest BCUT2D eigenvalue weighted by molar-refractivity contribution is -0.117. The van der Waals surface area contributed by atoms with Gasteiger partial charge in [-0.05, 0) is 35.4 Å². The van der Waals surface area contributed by atoms with Gasteiger partial charge in [-0.3, -0.25) is 4.79 Å². The molecule has 0 spiro atoms. The molecular formula is C22H23FN2O5S2. The van der Waals surface area contributed by atoms with E-state index in [-0.39, 0.29) is 40.9 Å². The van der Waals surface area contributed by atoms with Crippen molar-refractivity contribution in [1.82, 2.24) is 4.90 Å². The number of carbonyl (C=O) groups is 1. The quantitative estimate of drug-likeness (QED) is 0.631. The Morgan fingerprint density at radius 1 is 1.09 bits per heavy atom. The molecule has 2 saturated heterocycles. The monoisotopic (exact) mass is 478 g/mol. The predicted octanol–water partition coefficient (Wildman–Crippen LogP) is 2.68. The van der Waals surface area contributed by atoms with Crippen molar-refractivity contribution in [1.29, 1.82) is 0 Å². The van der Waals surface area contributed by atoms with Crippen molar-refractivity contribution in [2.45, 2.75) is 24.3 Å². The first kappa shape index (κ1) is 22.6. The molecule has 10 heteroatoms. The van der Waals surface area contributed by atoms with Gasteiger partial charge in [0, 0.05) is 11.8 Å². The molecule has 32 heavy (non-hydrogen) atoms. The van der Waals surface area contributed by atoms with Gasteiger partial charge in [0.05, 0.1) is 38.2 Å². The van der Waals surface area contributed by atoms with Gasteiger partial charge in [0.2, 0.25) is 0 Å². The third kappa shape index (κ3) is 4.91. The molecule has 2 unspecified atom stereocenters. The van der Waals surface area contributed by atoms with Gasteiger partial charge in [-0.25, -0.2) is 12.8 Å². The lowest BCUT2D eigenvalue weighted by Crippen LogP contribution is -2.37. The summed E-state index contributed by atoms with van der Waals surface area (Å²) < 4.78 is 48.1. The van der Waals surface area contributed by atoms with E-state index in [1.807, 2.05) is 4.90 Å². The number of hydrogen-bond donors (Lipinski definition) is 0. The normalized spacial score (nSPS) is 22.7. The summed E-state index contributed by atoms with van der Waals surface area (Å²) in [7, 11) is -0.0732. The third-order valence-corrected chi connectivity index (χ3v) is 8.71. The molecule has 0 saturated carbocycles. The summed E-state index contributed by atoms with van der Waals surface area (Å²) in [4.78, 5) is 18.9. The van der Waals surface area contributed by atoms with Crippen LogP contribution < -0.4 is 9.47 Å². The van der Waals surface area contributed by atoms with Gasteiger partial charge in [0.1, 0.15) is 5.82 Å². The van der Waals surface area contributed by atoms with Gasteiger partial charge in [0.15, 0.2) is 26.5 Å². The summed E-state index contributed by atoms with van der Waals surface area (Å²) in [6.07, 6.45) is 0.0719. The van der Waals surface area contributed by atoms with Crippen molar-refractivity contribution >= 4 is 32.7 Å². The summed E-state index contributed by atoms with van der Waals surface area (Å²) in [5.41, 5.74) is 1.55. The van der Waals surface area contributed by atoms with Crippen LogP contribution in [0.4, 0.5) is 4.39 Å². The minimum Gasteiger partial charge on any atom is -0.493 e. The van der Waals surface area contributed by atoms with Gasteiger partial charge in [-0.1, -0.05) is 30.0 Å². The van der Waals surface area contributed by atoms with E-state index < -0.39 is 9.84 Å². The Kier molecular flexibility index (Phi) is 6.43. The van der Waals surface area contributed by atoms with Gasteiger partial charge < -0.3 is 14.4 Å². The molecule has 0 aliphatic carbocycles. The molecule has 0 radical (unpaired) electrons. The van der Waals surface area contributed by atoms with E-state index in [0.29, 0.717) is 23.2 Å². The number of halogens is 1. The maximum absolute atomic E-state index is 13.3. The second-order valence-corrected chi connectivity index (χ2v) is 11.1. The number of amides is 1. The van der Waals surface area contributed by atoms with Crippen LogP contribution in [0.25, 0.3) is 0 Å². The first-order valence-corrected chi connectivity index (χ1v) is 12.7.